The Morgan fingerprint density at radius 2 is 2.15 bits per heavy atom. The molecule has 0 radical (unpaired) electrons. The molecule has 0 atom stereocenters. The zero-order valence-corrected chi connectivity index (χ0v) is 16.4. The number of carbonyl (C=O) groups is 1. The number of pyridine rings is 1. The highest BCUT2D eigenvalue weighted by Gasteiger charge is 2.27. The van der Waals surface area contributed by atoms with Crippen LogP contribution in [0.15, 0.2) is 27.8 Å². The number of ether oxygens (including phenoxy) is 1. The molecular weight excluding hydrogens is 350 g/mol. The number of carbonyl (C=O) groups excluding carboxylic acids is 1. The number of hydrogen-bond acceptors (Lipinski definition) is 6. The maximum atomic E-state index is 13.1. The molecule has 0 spiro atoms. The second-order valence-corrected chi connectivity index (χ2v) is 6.62. The summed E-state index contributed by atoms with van der Waals surface area (Å²) >= 11 is 1.44. The molecule has 2 aromatic heterocycles. The average molecular weight is 373 g/mol. The van der Waals surface area contributed by atoms with Gasteiger partial charge in [-0.3, -0.25) is 4.79 Å². The fourth-order valence-electron chi connectivity index (χ4n) is 2.70. The van der Waals surface area contributed by atoms with Gasteiger partial charge in [0.05, 0.1) is 35.3 Å². The number of nitriles is 1. The van der Waals surface area contributed by atoms with Crippen molar-refractivity contribution in [3.63, 3.8) is 0 Å². The first-order valence-electron chi connectivity index (χ1n) is 8.48. The Hall–Kier alpha value is -2.30. The second-order valence-electron chi connectivity index (χ2n) is 5.54. The van der Waals surface area contributed by atoms with Gasteiger partial charge in [-0.1, -0.05) is 0 Å². The van der Waals surface area contributed by atoms with Crippen LogP contribution in [0.5, 0.6) is 0 Å². The molecule has 2 aromatic rings. The van der Waals surface area contributed by atoms with E-state index in [1.165, 1.54) is 18.0 Å². The van der Waals surface area contributed by atoms with Crippen LogP contribution in [0.1, 0.15) is 35.5 Å². The minimum absolute atomic E-state index is 0.142. The largest absolute Gasteiger partial charge is 0.464 e. The van der Waals surface area contributed by atoms with Gasteiger partial charge >= 0.3 is 0 Å². The number of hydrogen-bond donors (Lipinski definition) is 0. The Bertz CT molecular complexity index is 793. The van der Waals surface area contributed by atoms with E-state index in [0.717, 1.165) is 0 Å². The van der Waals surface area contributed by atoms with Crippen molar-refractivity contribution in [2.75, 3.05) is 32.6 Å². The number of aromatic nitrogens is 1. The first-order valence-corrected chi connectivity index (χ1v) is 9.47. The highest BCUT2D eigenvalue weighted by molar-refractivity contribution is 7.99. The van der Waals surface area contributed by atoms with Gasteiger partial charge < -0.3 is 14.1 Å². The van der Waals surface area contributed by atoms with Gasteiger partial charge in [-0.25, -0.2) is 4.98 Å². The molecule has 2 heterocycles. The van der Waals surface area contributed by atoms with Crippen LogP contribution in [0.2, 0.25) is 0 Å². The van der Waals surface area contributed by atoms with Crippen molar-refractivity contribution in [3.8, 4) is 17.4 Å². The van der Waals surface area contributed by atoms with Gasteiger partial charge in [0.15, 0.2) is 0 Å². The zero-order valence-electron chi connectivity index (χ0n) is 15.5. The van der Waals surface area contributed by atoms with Gasteiger partial charge in [0.1, 0.15) is 16.9 Å². The molecule has 0 aromatic carbocycles. The van der Waals surface area contributed by atoms with E-state index >= 15 is 0 Å². The van der Waals surface area contributed by atoms with E-state index in [1.54, 1.807) is 31.1 Å². The molecule has 0 saturated carbocycles. The lowest BCUT2D eigenvalue weighted by Gasteiger charge is -2.22. The lowest BCUT2D eigenvalue weighted by atomic mass is 9.98. The Balaban J connectivity index is 2.68. The maximum absolute atomic E-state index is 13.1. The lowest BCUT2D eigenvalue weighted by molar-refractivity contribution is 0.0772. The first kappa shape index (κ1) is 20.0. The van der Waals surface area contributed by atoms with Crippen molar-refractivity contribution >= 4 is 17.7 Å². The van der Waals surface area contributed by atoms with Gasteiger partial charge in [0.2, 0.25) is 0 Å². The minimum Gasteiger partial charge on any atom is -0.464 e. The molecule has 7 heteroatoms. The number of rotatable bonds is 8. The monoisotopic (exact) mass is 373 g/mol. The molecule has 0 aliphatic carbocycles. The molecule has 2 rings (SSSR count). The number of furan rings is 1. The number of amides is 1. The molecule has 1 amide bonds. The summed E-state index contributed by atoms with van der Waals surface area (Å²) in [6.45, 7) is 7.36. The highest BCUT2D eigenvalue weighted by atomic mass is 32.2. The summed E-state index contributed by atoms with van der Waals surface area (Å²) < 4.78 is 10.6. The lowest BCUT2D eigenvalue weighted by Crippen LogP contribution is -2.32. The molecule has 138 valence electrons. The summed E-state index contributed by atoms with van der Waals surface area (Å²) in [5, 5.41) is 10.4. The van der Waals surface area contributed by atoms with E-state index in [-0.39, 0.29) is 5.91 Å². The van der Waals surface area contributed by atoms with Gasteiger partial charge in [0, 0.05) is 26.0 Å². The third-order valence-corrected chi connectivity index (χ3v) is 4.95. The van der Waals surface area contributed by atoms with Crippen LogP contribution in [0, 0.1) is 18.3 Å². The number of thioether (sulfide) groups is 1. The summed E-state index contributed by atoms with van der Waals surface area (Å²) in [4.78, 5) is 19.4. The van der Waals surface area contributed by atoms with Crippen LogP contribution in [-0.4, -0.2) is 48.4 Å². The molecule has 26 heavy (non-hydrogen) atoms. The third kappa shape index (κ3) is 4.09. The SMILES string of the molecule is CCN(CC)C(=O)c1c(C)nc(SCCOC)c(C#N)c1-c1ccco1. The van der Waals surface area contributed by atoms with E-state index in [4.69, 9.17) is 9.15 Å². The molecule has 6 nitrogen and oxygen atoms in total. The molecule has 0 aliphatic rings. The Kier molecular flexibility index (Phi) is 7.25. The summed E-state index contributed by atoms with van der Waals surface area (Å²) in [6.07, 6.45) is 1.54. The Morgan fingerprint density at radius 3 is 2.69 bits per heavy atom. The predicted molar refractivity (Wildman–Crippen MR) is 101 cm³/mol. The number of methoxy groups -OCH3 is 1. The standard InChI is InChI=1S/C19H23N3O3S/c1-5-22(6-2)19(23)16-13(3)21-18(26-11-10-24-4)14(12-20)17(16)15-8-7-9-25-15/h7-9H,5-6,10-11H2,1-4H3. The quantitative estimate of drug-likeness (QED) is 0.518. The molecule has 0 N–H and O–H groups in total. The van der Waals surface area contributed by atoms with Crippen molar-refractivity contribution < 1.29 is 13.9 Å². The molecule has 0 fully saturated rings. The van der Waals surface area contributed by atoms with Gasteiger partial charge in [-0.15, -0.1) is 11.8 Å². The maximum Gasteiger partial charge on any atom is 0.256 e. The topological polar surface area (TPSA) is 79.4 Å². The van der Waals surface area contributed by atoms with Crippen molar-refractivity contribution in [1.82, 2.24) is 9.88 Å². The molecule has 0 bridgehead atoms. The number of nitrogens with zero attached hydrogens (tertiary/aromatic N) is 3. The fourth-order valence-corrected chi connectivity index (χ4v) is 3.64. The van der Waals surface area contributed by atoms with Crippen LogP contribution < -0.4 is 0 Å². The van der Waals surface area contributed by atoms with E-state index in [2.05, 4.69) is 11.1 Å². The third-order valence-electron chi connectivity index (χ3n) is 4.02. The number of aryl methyl sites for hydroxylation is 1. The van der Waals surface area contributed by atoms with Crippen molar-refractivity contribution in [2.24, 2.45) is 0 Å². The van der Waals surface area contributed by atoms with Crippen LogP contribution in [0.4, 0.5) is 0 Å². The first-order chi connectivity index (χ1) is 12.6. The highest BCUT2D eigenvalue weighted by Crippen LogP contribution is 2.35. The fraction of sp³-hybridized carbons (Fsp3) is 0.421. The van der Waals surface area contributed by atoms with Crippen LogP contribution in [0.3, 0.4) is 0 Å². The molecule has 0 aliphatic heterocycles. The minimum atomic E-state index is -0.142. The van der Waals surface area contributed by atoms with Crippen LogP contribution in [0.25, 0.3) is 11.3 Å². The van der Waals surface area contributed by atoms with Crippen molar-refractivity contribution in [2.45, 2.75) is 25.8 Å². The molecule has 0 saturated heterocycles. The molecular formula is C19H23N3O3S. The van der Waals surface area contributed by atoms with Crippen LogP contribution >= 0.6 is 11.8 Å². The van der Waals surface area contributed by atoms with E-state index < -0.39 is 0 Å². The normalized spacial score (nSPS) is 10.6. The van der Waals surface area contributed by atoms with Gasteiger partial charge in [0.25, 0.3) is 5.91 Å². The summed E-state index contributed by atoms with van der Waals surface area (Å²) in [6, 6.07) is 5.73. The van der Waals surface area contributed by atoms with Gasteiger partial charge in [-0.2, -0.15) is 5.26 Å². The predicted octanol–water partition coefficient (Wildman–Crippen LogP) is 3.74. The van der Waals surface area contributed by atoms with Crippen molar-refractivity contribution in [3.05, 3.63) is 35.2 Å². The van der Waals surface area contributed by atoms with E-state index in [0.29, 0.717) is 58.6 Å². The summed E-state index contributed by atoms with van der Waals surface area (Å²) in [7, 11) is 1.63. The van der Waals surface area contributed by atoms with E-state index in [9.17, 15) is 10.1 Å². The molecule has 0 unspecified atom stereocenters. The van der Waals surface area contributed by atoms with Crippen molar-refractivity contribution in [1.29, 1.82) is 5.26 Å². The van der Waals surface area contributed by atoms with E-state index in [1.807, 2.05) is 13.8 Å². The summed E-state index contributed by atoms with van der Waals surface area (Å²) in [5.41, 5.74) is 1.90. The summed E-state index contributed by atoms with van der Waals surface area (Å²) in [5.74, 6) is 1.02. The van der Waals surface area contributed by atoms with Crippen LogP contribution in [-0.2, 0) is 4.74 Å². The average Bonchev–Trinajstić information content (AvgIpc) is 3.16. The smallest absolute Gasteiger partial charge is 0.256 e. The second kappa shape index (κ2) is 9.41. The Labute approximate surface area is 158 Å². The Morgan fingerprint density at radius 1 is 1.42 bits per heavy atom. The zero-order chi connectivity index (χ0) is 19.1. The van der Waals surface area contributed by atoms with Gasteiger partial charge in [-0.05, 0) is 32.9 Å².